The van der Waals surface area contributed by atoms with Gasteiger partial charge in [-0.25, -0.2) is 4.99 Å². The van der Waals surface area contributed by atoms with Crippen LogP contribution in [-0.4, -0.2) is 42.2 Å². The molecule has 31 heavy (non-hydrogen) atoms. The lowest BCUT2D eigenvalue weighted by molar-refractivity contribution is -0.122. The number of rotatable bonds is 6. The first-order valence-electron chi connectivity index (χ1n) is 11.1. The Balaban J connectivity index is 1.51. The molecular weight excluding hydrogens is 406 g/mol. The lowest BCUT2D eigenvalue weighted by Gasteiger charge is -2.28. The summed E-state index contributed by atoms with van der Waals surface area (Å²) in [7, 11) is 0. The van der Waals surface area contributed by atoms with Gasteiger partial charge in [0.05, 0.1) is 17.2 Å². The summed E-state index contributed by atoms with van der Waals surface area (Å²) in [6.07, 6.45) is 5.82. The number of hydrogen-bond acceptors (Lipinski definition) is 5. The van der Waals surface area contributed by atoms with Crippen LogP contribution in [0.3, 0.4) is 0 Å². The first kappa shape index (κ1) is 21.5. The lowest BCUT2D eigenvalue weighted by atomic mass is 10.1. The van der Waals surface area contributed by atoms with Gasteiger partial charge in [-0.05, 0) is 92.9 Å². The molecule has 6 heteroatoms. The highest BCUT2D eigenvalue weighted by atomic mass is 32.2. The molecule has 0 spiro atoms. The summed E-state index contributed by atoms with van der Waals surface area (Å²) in [5, 5.41) is 0.716. The third kappa shape index (κ3) is 5.13. The van der Waals surface area contributed by atoms with Gasteiger partial charge in [-0.3, -0.25) is 9.69 Å². The first-order chi connectivity index (χ1) is 15.2. The van der Waals surface area contributed by atoms with Crippen molar-refractivity contribution in [3.63, 3.8) is 0 Å². The smallest absolute Gasteiger partial charge is 0.266 e. The van der Waals surface area contributed by atoms with E-state index in [1.54, 1.807) is 4.90 Å². The minimum Gasteiger partial charge on any atom is -0.494 e. The maximum absolute atomic E-state index is 12.9. The van der Waals surface area contributed by atoms with Gasteiger partial charge in [0.2, 0.25) is 0 Å². The number of aliphatic imine (C=N–C) groups is 1. The predicted octanol–water partition coefficient (Wildman–Crippen LogP) is 5.70. The zero-order valence-corrected chi connectivity index (χ0v) is 19.0. The summed E-state index contributed by atoms with van der Waals surface area (Å²) >= 11 is 1.43. The monoisotopic (exact) mass is 435 g/mol. The molecule has 2 aliphatic heterocycles. The van der Waals surface area contributed by atoms with Gasteiger partial charge in [0.1, 0.15) is 5.75 Å². The molecule has 2 aliphatic rings. The van der Waals surface area contributed by atoms with Crippen LogP contribution in [0.1, 0.15) is 38.7 Å². The van der Waals surface area contributed by atoms with Crippen LogP contribution in [0, 0.1) is 0 Å². The average Bonchev–Trinajstić information content (AvgIpc) is 3.10. The van der Waals surface area contributed by atoms with E-state index in [1.165, 1.54) is 36.7 Å². The Morgan fingerprint density at radius 2 is 1.71 bits per heavy atom. The van der Waals surface area contributed by atoms with Crippen LogP contribution < -0.4 is 9.64 Å². The fourth-order valence-corrected chi connectivity index (χ4v) is 4.91. The molecule has 5 nitrogen and oxygen atoms in total. The number of piperidine rings is 1. The molecule has 2 heterocycles. The topological polar surface area (TPSA) is 45.1 Å². The van der Waals surface area contributed by atoms with Crippen molar-refractivity contribution in [1.29, 1.82) is 0 Å². The van der Waals surface area contributed by atoms with E-state index in [1.807, 2.05) is 44.2 Å². The number of nitrogens with zero attached hydrogens (tertiary/aromatic N) is 3. The van der Waals surface area contributed by atoms with Gasteiger partial charge in [0.15, 0.2) is 5.17 Å². The molecule has 2 aromatic carbocycles. The summed E-state index contributed by atoms with van der Waals surface area (Å²) in [4.78, 5) is 22.5. The van der Waals surface area contributed by atoms with Crippen molar-refractivity contribution in [3.05, 3.63) is 59.0 Å². The fraction of sp³-hybridized carbons (Fsp3) is 0.360. The van der Waals surface area contributed by atoms with E-state index in [2.05, 4.69) is 29.2 Å². The number of ether oxygens (including phenoxy) is 1. The second-order valence-electron chi connectivity index (χ2n) is 7.62. The molecule has 0 aliphatic carbocycles. The summed E-state index contributed by atoms with van der Waals surface area (Å²) in [5.74, 6) is 0.833. The van der Waals surface area contributed by atoms with Crippen molar-refractivity contribution in [3.8, 4) is 5.75 Å². The number of carbonyl (C=O) groups is 1. The Bertz CT molecular complexity index is 961. The second kappa shape index (κ2) is 10.1. The van der Waals surface area contributed by atoms with Crippen LogP contribution >= 0.6 is 11.8 Å². The largest absolute Gasteiger partial charge is 0.494 e. The number of carbonyl (C=O) groups excluding carboxylic acids is 1. The third-order valence-electron chi connectivity index (χ3n) is 5.49. The van der Waals surface area contributed by atoms with E-state index in [0.29, 0.717) is 23.2 Å². The highest BCUT2D eigenvalue weighted by Crippen LogP contribution is 2.34. The van der Waals surface area contributed by atoms with Gasteiger partial charge in [0.25, 0.3) is 5.91 Å². The molecule has 162 valence electrons. The highest BCUT2D eigenvalue weighted by molar-refractivity contribution is 8.18. The number of benzene rings is 2. The van der Waals surface area contributed by atoms with Gasteiger partial charge in [-0.15, -0.1) is 0 Å². The Hall–Kier alpha value is -2.73. The van der Waals surface area contributed by atoms with Crippen molar-refractivity contribution >= 4 is 40.3 Å². The Labute approximate surface area is 188 Å². The van der Waals surface area contributed by atoms with Gasteiger partial charge < -0.3 is 9.64 Å². The van der Waals surface area contributed by atoms with Gasteiger partial charge in [-0.2, -0.15) is 0 Å². The number of likely N-dealkylation sites (N-methyl/N-ethyl adjacent to an activating group) is 1. The van der Waals surface area contributed by atoms with E-state index in [4.69, 9.17) is 9.73 Å². The number of hydrogen-bond donors (Lipinski definition) is 0. The summed E-state index contributed by atoms with van der Waals surface area (Å²) < 4.78 is 5.49. The molecule has 0 aromatic heterocycles. The summed E-state index contributed by atoms with van der Waals surface area (Å²) in [6, 6.07) is 16.2. The Kier molecular flexibility index (Phi) is 6.97. The van der Waals surface area contributed by atoms with Crippen molar-refractivity contribution < 1.29 is 9.53 Å². The molecule has 2 fully saturated rings. The van der Waals surface area contributed by atoms with Crippen LogP contribution in [0.2, 0.25) is 0 Å². The van der Waals surface area contributed by atoms with Crippen LogP contribution in [-0.2, 0) is 4.79 Å². The third-order valence-corrected chi connectivity index (χ3v) is 6.50. The fourth-order valence-electron chi connectivity index (χ4n) is 3.85. The molecule has 4 rings (SSSR count). The zero-order chi connectivity index (χ0) is 21.6. The van der Waals surface area contributed by atoms with E-state index in [9.17, 15) is 4.79 Å². The van der Waals surface area contributed by atoms with Crippen molar-refractivity contribution in [2.75, 3.05) is 31.1 Å². The van der Waals surface area contributed by atoms with Crippen molar-refractivity contribution in [2.45, 2.75) is 33.1 Å². The van der Waals surface area contributed by atoms with Crippen LogP contribution in [0.5, 0.6) is 5.75 Å². The van der Waals surface area contributed by atoms with Gasteiger partial charge in [-0.1, -0.05) is 12.1 Å². The quantitative estimate of drug-likeness (QED) is 0.546. The molecule has 0 bridgehead atoms. The Morgan fingerprint density at radius 1 is 1.00 bits per heavy atom. The van der Waals surface area contributed by atoms with Gasteiger partial charge in [0, 0.05) is 25.3 Å². The molecule has 0 unspecified atom stereocenters. The lowest BCUT2D eigenvalue weighted by Crippen LogP contribution is -2.29. The molecule has 2 saturated heterocycles. The number of thioether (sulfide) groups is 1. The molecule has 0 N–H and O–H groups in total. The molecule has 0 atom stereocenters. The van der Waals surface area contributed by atoms with Crippen molar-refractivity contribution in [1.82, 2.24) is 4.90 Å². The molecule has 2 aromatic rings. The van der Waals surface area contributed by atoms with Crippen LogP contribution in [0.4, 0.5) is 11.4 Å². The minimum atomic E-state index is 0.0114. The highest BCUT2D eigenvalue weighted by Gasteiger charge is 2.32. The van der Waals surface area contributed by atoms with E-state index < -0.39 is 0 Å². The predicted molar refractivity (Wildman–Crippen MR) is 130 cm³/mol. The maximum Gasteiger partial charge on any atom is 0.266 e. The Morgan fingerprint density at radius 3 is 2.35 bits per heavy atom. The van der Waals surface area contributed by atoms with E-state index in [0.717, 1.165) is 30.1 Å². The number of amidine groups is 1. The van der Waals surface area contributed by atoms with Crippen LogP contribution in [0.25, 0.3) is 6.08 Å². The van der Waals surface area contributed by atoms with Gasteiger partial charge >= 0.3 is 0 Å². The number of anilines is 1. The maximum atomic E-state index is 12.9. The standard InChI is InChI=1S/C25H29N3O2S/c1-3-28-24(29)23(31-25(28)26-20-10-14-22(15-11-20)30-4-2)18-19-8-12-21(13-9-19)27-16-6-5-7-17-27/h8-15,18H,3-7,16-17H2,1-2H3/b23-18-,26-25?. The molecule has 0 saturated carbocycles. The number of amides is 1. The molecule has 0 radical (unpaired) electrons. The van der Waals surface area contributed by atoms with E-state index in [-0.39, 0.29) is 5.91 Å². The average molecular weight is 436 g/mol. The zero-order valence-electron chi connectivity index (χ0n) is 18.2. The SMILES string of the molecule is CCOc1ccc(N=C2S/C(=C\c3ccc(N4CCCCC4)cc3)C(=O)N2CC)cc1. The van der Waals surface area contributed by atoms with E-state index >= 15 is 0 Å². The summed E-state index contributed by atoms with van der Waals surface area (Å²) in [5.41, 5.74) is 3.11. The minimum absolute atomic E-state index is 0.0114. The normalized spacial score (nSPS) is 19.5. The molecular formula is C25H29N3O2S. The molecule has 1 amide bonds. The van der Waals surface area contributed by atoms with Crippen molar-refractivity contribution in [2.24, 2.45) is 4.99 Å². The summed E-state index contributed by atoms with van der Waals surface area (Å²) in [6.45, 7) is 7.42. The second-order valence-corrected chi connectivity index (χ2v) is 8.63. The first-order valence-corrected chi connectivity index (χ1v) is 11.9. The van der Waals surface area contributed by atoms with Crippen LogP contribution in [0.15, 0.2) is 58.4 Å².